The van der Waals surface area contributed by atoms with Gasteiger partial charge in [-0.2, -0.15) is 0 Å². The van der Waals surface area contributed by atoms with Gasteiger partial charge in [-0.05, 0) is 62.8 Å². The van der Waals surface area contributed by atoms with Crippen LogP contribution in [0, 0.1) is 0 Å². The number of hydrogen-bond donors (Lipinski definition) is 1. The second-order valence-corrected chi connectivity index (χ2v) is 5.71. The largest absolute Gasteiger partial charge is 0.490 e. The minimum atomic E-state index is 0.376. The first kappa shape index (κ1) is 12.0. The number of nitrogens with one attached hydrogen (secondary N) is 1. The summed E-state index contributed by atoms with van der Waals surface area (Å²) in [6, 6.07) is 7.23. The van der Waals surface area contributed by atoms with Gasteiger partial charge >= 0.3 is 0 Å². The highest BCUT2D eigenvalue weighted by atomic mass is 16.5. The van der Waals surface area contributed by atoms with Crippen LogP contribution < -0.4 is 10.1 Å². The van der Waals surface area contributed by atoms with E-state index < -0.39 is 0 Å². The van der Waals surface area contributed by atoms with Crippen molar-refractivity contribution in [3.8, 4) is 5.75 Å². The Bertz CT molecular complexity index is 410. The summed E-state index contributed by atoms with van der Waals surface area (Å²) < 4.78 is 5.94. The van der Waals surface area contributed by atoms with Crippen LogP contribution in [0.2, 0.25) is 0 Å². The molecule has 0 spiro atoms. The van der Waals surface area contributed by atoms with Gasteiger partial charge in [0.25, 0.3) is 0 Å². The monoisotopic (exact) mass is 245 g/mol. The van der Waals surface area contributed by atoms with Crippen LogP contribution >= 0.6 is 0 Å². The molecule has 2 heterocycles. The van der Waals surface area contributed by atoms with Gasteiger partial charge in [0.2, 0.25) is 0 Å². The first-order valence-corrected chi connectivity index (χ1v) is 7.34. The van der Waals surface area contributed by atoms with E-state index in [4.69, 9.17) is 4.74 Å². The topological polar surface area (TPSA) is 21.3 Å². The smallest absolute Gasteiger partial charge is 0.123 e. The molecule has 0 bridgehead atoms. The molecule has 2 atom stereocenters. The van der Waals surface area contributed by atoms with Gasteiger partial charge in [0.1, 0.15) is 5.75 Å². The van der Waals surface area contributed by atoms with E-state index in [0.29, 0.717) is 12.1 Å². The van der Waals surface area contributed by atoms with Gasteiger partial charge in [0.05, 0.1) is 6.10 Å². The van der Waals surface area contributed by atoms with E-state index in [1.165, 1.54) is 49.8 Å². The molecule has 1 aromatic rings. The molecule has 2 heteroatoms. The molecule has 2 aliphatic heterocycles. The molecule has 1 N–H and O–H groups in total. The van der Waals surface area contributed by atoms with Crippen LogP contribution in [0.1, 0.15) is 43.7 Å². The van der Waals surface area contributed by atoms with Crippen LogP contribution in [-0.2, 0) is 12.8 Å². The Kier molecular flexibility index (Phi) is 3.55. The van der Waals surface area contributed by atoms with Crippen LogP contribution in [0.5, 0.6) is 5.75 Å². The molecule has 0 aliphatic carbocycles. The maximum Gasteiger partial charge on any atom is 0.123 e. The first-order chi connectivity index (χ1) is 8.83. The molecule has 3 rings (SSSR count). The summed E-state index contributed by atoms with van der Waals surface area (Å²) in [6.45, 7) is 3.35. The Morgan fingerprint density at radius 3 is 3.06 bits per heavy atom. The van der Waals surface area contributed by atoms with Crippen molar-refractivity contribution >= 4 is 0 Å². The average molecular weight is 245 g/mol. The van der Waals surface area contributed by atoms with Crippen molar-refractivity contribution in [1.29, 1.82) is 0 Å². The Morgan fingerprint density at radius 2 is 2.22 bits per heavy atom. The Morgan fingerprint density at radius 1 is 1.28 bits per heavy atom. The minimum absolute atomic E-state index is 0.376. The molecule has 0 amide bonds. The Labute approximate surface area is 110 Å². The van der Waals surface area contributed by atoms with Gasteiger partial charge in [0.15, 0.2) is 0 Å². The van der Waals surface area contributed by atoms with Gasteiger partial charge in [-0.15, -0.1) is 0 Å². The predicted octanol–water partition coefficient (Wildman–Crippen LogP) is 3.08. The lowest BCUT2D eigenvalue weighted by molar-refractivity contribution is 0.192. The number of fused-ring (bicyclic) bond motifs is 1. The zero-order valence-corrected chi connectivity index (χ0v) is 11.2. The number of rotatable bonds is 2. The summed E-state index contributed by atoms with van der Waals surface area (Å²) in [7, 11) is 0. The molecule has 1 saturated heterocycles. The molecular weight excluding hydrogens is 222 g/mol. The molecule has 1 aromatic carbocycles. The summed E-state index contributed by atoms with van der Waals surface area (Å²) in [5.41, 5.74) is 2.96. The third kappa shape index (κ3) is 2.54. The Hall–Kier alpha value is -1.02. The molecule has 1 fully saturated rings. The van der Waals surface area contributed by atoms with Crippen molar-refractivity contribution in [1.82, 2.24) is 5.32 Å². The fourth-order valence-electron chi connectivity index (χ4n) is 3.18. The summed E-state index contributed by atoms with van der Waals surface area (Å²) >= 11 is 0. The molecular formula is C16H23NO. The molecule has 2 unspecified atom stereocenters. The maximum atomic E-state index is 5.94. The lowest BCUT2D eigenvalue weighted by atomic mass is 9.91. The van der Waals surface area contributed by atoms with Crippen molar-refractivity contribution in [2.24, 2.45) is 0 Å². The van der Waals surface area contributed by atoms with Crippen LogP contribution in [0.25, 0.3) is 0 Å². The summed E-state index contributed by atoms with van der Waals surface area (Å²) in [5.74, 6) is 1.13. The van der Waals surface area contributed by atoms with Gasteiger partial charge in [0, 0.05) is 6.04 Å². The SMILES string of the molecule is CC1CCc2c(CC3CCCCN3)cccc2O1. The van der Waals surface area contributed by atoms with Crippen molar-refractivity contribution < 1.29 is 4.74 Å². The zero-order chi connectivity index (χ0) is 12.4. The summed E-state index contributed by atoms with van der Waals surface area (Å²) in [4.78, 5) is 0. The van der Waals surface area contributed by atoms with E-state index in [2.05, 4.69) is 30.4 Å². The number of ether oxygens (including phenoxy) is 1. The highest BCUT2D eigenvalue weighted by Gasteiger charge is 2.21. The fourth-order valence-corrected chi connectivity index (χ4v) is 3.18. The van der Waals surface area contributed by atoms with Crippen LogP contribution in [0.4, 0.5) is 0 Å². The van der Waals surface area contributed by atoms with Crippen LogP contribution in [-0.4, -0.2) is 18.7 Å². The second-order valence-electron chi connectivity index (χ2n) is 5.71. The zero-order valence-electron chi connectivity index (χ0n) is 11.2. The summed E-state index contributed by atoms with van der Waals surface area (Å²) in [5, 5.41) is 3.64. The number of piperidine rings is 1. The van der Waals surface area contributed by atoms with Gasteiger partial charge in [-0.25, -0.2) is 0 Å². The van der Waals surface area contributed by atoms with E-state index in [1.807, 2.05) is 0 Å². The third-order valence-electron chi connectivity index (χ3n) is 4.24. The van der Waals surface area contributed by atoms with Crippen molar-refractivity contribution in [3.05, 3.63) is 29.3 Å². The van der Waals surface area contributed by atoms with Crippen molar-refractivity contribution in [2.75, 3.05) is 6.54 Å². The molecule has 0 saturated carbocycles. The standard InChI is InChI=1S/C16H23NO/c1-12-8-9-15-13(5-4-7-16(15)18-12)11-14-6-2-3-10-17-14/h4-5,7,12,14,17H,2-3,6,8-11H2,1H3. The van der Waals surface area contributed by atoms with Gasteiger partial charge in [-0.3, -0.25) is 0 Å². The molecule has 98 valence electrons. The van der Waals surface area contributed by atoms with Gasteiger partial charge in [-0.1, -0.05) is 18.6 Å². The second kappa shape index (κ2) is 5.31. The van der Waals surface area contributed by atoms with Crippen LogP contribution in [0.3, 0.4) is 0 Å². The fraction of sp³-hybridized carbons (Fsp3) is 0.625. The van der Waals surface area contributed by atoms with Crippen molar-refractivity contribution in [3.63, 3.8) is 0 Å². The first-order valence-electron chi connectivity index (χ1n) is 7.34. The normalized spacial score (nSPS) is 27.4. The molecule has 18 heavy (non-hydrogen) atoms. The summed E-state index contributed by atoms with van der Waals surface area (Å²) in [6.07, 6.45) is 7.91. The molecule has 0 aromatic heterocycles. The predicted molar refractivity (Wildman–Crippen MR) is 74.2 cm³/mol. The molecule has 2 nitrogen and oxygen atoms in total. The van der Waals surface area contributed by atoms with Gasteiger partial charge < -0.3 is 10.1 Å². The van der Waals surface area contributed by atoms with E-state index >= 15 is 0 Å². The van der Waals surface area contributed by atoms with E-state index in [0.717, 1.165) is 12.2 Å². The van der Waals surface area contributed by atoms with E-state index in [-0.39, 0.29) is 0 Å². The number of hydrogen-bond acceptors (Lipinski definition) is 2. The maximum absolute atomic E-state index is 5.94. The highest BCUT2D eigenvalue weighted by molar-refractivity contribution is 5.42. The molecule has 2 aliphatic rings. The lowest BCUT2D eigenvalue weighted by Gasteiger charge is -2.28. The third-order valence-corrected chi connectivity index (χ3v) is 4.24. The average Bonchev–Trinajstić information content (AvgIpc) is 2.40. The quantitative estimate of drug-likeness (QED) is 0.864. The molecule has 0 radical (unpaired) electrons. The Balaban J connectivity index is 1.77. The number of benzene rings is 1. The van der Waals surface area contributed by atoms with E-state index in [1.54, 1.807) is 0 Å². The lowest BCUT2D eigenvalue weighted by Crippen LogP contribution is -2.36. The van der Waals surface area contributed by atoms with E-state index in [9.17, 15) is 0 Å². The van der Waals surface area contributed by atoms with Crippen molar-refractivity contribution in [2.45, 2.75) is 57.6 Å². The van der Waals surface area contributed by atoms with Crippen LogP contribution in [0.15, 0.2) is 18.2 Å². The minimum Gasteiger partial charge on any atom is -0.490 e. The highest BCUT2D eigenvalue weighted by Crippen LogP contribution is 2.31.